The predicted octanol–water partition coefficient (Wildman–Crippen LogP) is 3.36. The molecule has 2 heterocycles. The quantitative estimate of drug-likeness (QED) is 0.448. The molecule has 0 aromatic heterocycles. The lowest BCUT2D eigenvalue weighted by Crippen LogP contribution is -2.48. The van der Waals surface area contributed by atoms with Crippen molar-refractivity contribution in [1.29, 1.82) is 0 Å². The number of amides is 1. The van der Waals surface area contributed by atoms with Crippen LogP contribution in [0, 0.1) is 6.92 Å². The van der Waals surface area contributed by atoms with Crippen LogP contribution in [-0.4, -0.2) is 66.4 Å². The number of likely N-dealkylation sites (N-methyl/N-ethyl adjacent to an activating group) is 1. The molecule has 0 atom stereocenters. The molecule has 1 fully saturated rings. The molecule has 1 amide bonds. The monoisotopic (exact) mass is 553 g/mol. The summed E-state index contributed by atoms with van der Waals surface area (Å²) in [5.74, 6) is 0.0735. The summed E-state index contributed by atoms with van der Waals surface area (Å²) in [7, 11) is 2.04. The Labute approximate surface area is 229 Å². The van der Waals surface area contributed by atoms with Gasteiger partial charge in [0.1, 0.15) is 17.2 Å². The number of rotatable bonds is 5. The van der Waals surface area contributed by atoms with Crippen molar-refractivity contribution in [2.24, 2.45) is 26.4 Å². The van der Waals surface area contributed by atoms with Gasteiger partial charge in [0.2, 0.25) is 5.96 Å². The van der Waals surface area contributed by atoms with Crippen LogP contribution in [-0.2, 0) is 6.18 Å². The summed E-state index contributed by atoms with van der Waals surface area (Å²) in [6, 6.07) is 9.22. The highest BCUT2D eigenvalue weighted by molar-refractivity contribution is 6.49. The summed E-state index contributed by atoms with van der Waals surface area (Å²) in [6.07, 6.45) is -3.22. The van der Waals surface area contributed by atoms with Crippen LogP contribution in [0.2, 0.25) is 0 Å². The average molecular weight is 554 g/mol. The Bertz CT molecular complexity index is 1430. The number of hydrogen-bond acceptors (Lipinski definition) is 9. The fraction of sp³-hybridized carbons (Fsp3) is 0.259. The molecule has 0 aliphatic carbocycles. The first-order valence-corrected chi connectivity index (χ1v) is 12.4. The number of anilines is 2. The summed E-state index contributed by atoms with van der Waals surface area (Å²) in [5.41, 5.74) is 13.8. The fourth-order valence-electron chi connectivity index (χ4n) is 4.09. The van der Waals surface area contributed by atoms with Crippen LogP contribution < -0.4 is 22.1 Å². The summed E-state index contributed by atoms with van der Waals surface area (Å²) < 4.78 is 39.2. The van der Waals surface area contributed by atoms with Gasteiger partial charge in [0.05, 0.1) is 5.56 Å². The highest BCUT2D eigenvalue weighted by Gasteiger charge is 2.30. The maximum Gasteiger partial charge on any atom is 0.416 e. The molecule has 6 N–H and O–H groups in total. The number of benzene rings is 2. The Morgan fingerprint density at radius 1 is 1.10 bits per heavy atom. The number of amidine groups is 1. The zero-order valence-corrected chi connectivity index (χ0v) is 22.1. The second-order valence-electron chi connectivity index (χ2n) is 9.31. The number of nitrogens with two attached hydrogens (primary N) is 2. The van der Waals surface area contributed by atoms with Gasteiger partial charge in [-0.25, -0.2) is 4.99 Å². The minimum Gasteiger partial charge on any atom is -0.383 e. The van der Waals surface area contributed by atoms with Crippen molar-refractivity contribution >= 4 is 34.8 Å². The number of aryl methyl sites for hydroxylation is 1. The van der Waals surface area contributed by atoms with Gasteiger partial charge >= 0.3 is 6.18 Å². The third kappa shape index (κ3) is 6.49. The molecule has 1 saturated heterocycles. The summed E-state index contributed by atoms with van der Waals surface area (Å²) in [4.78, 5) is 30.4. The third-order valence-electron chi connectivity index (χ3n) is 6.38. The van der Waals surface area contributed by atoms with Crippen LogP contribution >= 0.6 is 0 Å². The van der Waals surface area contributed by atoms with E-state index in [1.54, 1.807) is 18.2 Å². The number of carbonyl (C=O) groups excluding carboxylic acids is 1. The van der Waals surface area contributed by atoms with Gasteiger partial charge in [0.25, 0.3) is 5.91 Å². The highest BCUT2D eigenvalue weighted by atomic mass is 19.4. The average Bonchev–Trinajstić information content (AvgIpc) is 2.91. The molecule has 2 aromatic carbocycles. The molecule has 0 bridgehead atoms. The van der Waals surface area contributed by atoms with Gasteiger partial charge in [-0.1, -0.05) is 18.7 Å². The smallest absolute Gasteiger partial charge is 0.383 e. The van der Waals surface area contributed by atoms with E-state index in [0.717, 1.165) is 30.8 Å². The second kappa shape index (κ2) is 11.6. The van der Waals surface area contributed by atoms with Crippen molar-refractivity contribution in [3.8, 4) is 0 Å². The molecule has 2 aliphatic heterocycles. The van der Waals surface area contributed by atoms with Gasteiger partial charge in [-0.05, 0) is 49.9 Å². The standard InChI is InChI=1S/C27H30F3N9O/c1-4-33-21-22(36-26(37-23(21)31)39-12-10-38(3)11-13-39)24(32)35-20-14-17(9-8-16(20)2)25(40)34-19-7-5-6-18(15-19)27(28,29)30/h4-9,14-15,35H,1,10-13,32H2,2-3H3,(H,34,40)(H2,31,36,37)/b24-22-,33-21+. The molecule has 2 aliphatic rings. The SMILES string of the molecule is C=C/N=C1/C(N)=NC(N2CCN(C)CC2)=N/C1=C(/N)Nc1cc(C(=O)Nc2cccc(C(F)(F)F)c2)ccc1C. The molecule has 0 saturated carbocycles. The van der Waals surface area contributed by atoms with Gasteiger partial charge < -0.3 is 31.9 Å². The first-order chi connectivity index (χ1) is 19.0. The second-order valence-corrected chi connectivity index (χ2v) is 9.31. The molecule has 0 radical (unpaired) electrons. The lowest BCUT2D eigenvalue weighted by atomic mass is 10.1. The Morgan fingerprint density at radius 3 is 2.50 bits per heavy atom. The third-order valence-corrected chi connectivity index (χ3v) is 6.38. The van der Waals surface area contributed by atoms with Crippen LogP contribution in [0.5, 0.6) is 0 Å². The van der Waals surface area contributed by atoms with E-state index < -0.39 is 17.6 Å². The number of guanidine groups is 1. The van der Waals surface area contributed by atoms with Crippen molar-refractivity contribution in [3.05, 3.63) is 83.5 Å². The number of piperazine rings is 1. The molecule has 40 heavy (non-hydrogen) atoms. The normalized spacial score (nSPS) is 18.6. The Balaban J connectivity index is 1.61. The maximum atomic E-state index is 13.1. The molecule has 10 nitrogen and oxygen atoms in total. The van der Waals surface area contributed by atoms with Crippen LogP contribution in [0.3, 0.4) is 0 Å². The van der Waals surface area contributed by atoms with Gasteiger partial charge in [-0.3, -0.25) is 9.79 Å². The van der Waals surface area contributed by atoms with E-state index in [1.165, 1.54) is 18.3 Å². The van der Waals surface area contributed by atoms with Gasteiger partial charge in [-0.15, -0.1) is 0 Å². The topological polar surface area (TPSA) is 137 Å². The summed E-state index contributed by atoms with van der Waals surface area (Å²) >= 11 is 0. The Hall–Kier alpha value is -4.65. The first kappa shape index (κ1) is 28.4. The number of aliphatic imine (C=N–C) groups is 3. The largest absolute Gasteiger partial charge is 0.416 e. The van der Waals surface area contributed by atoms with Crippen LogP contribution in [0.4, 0.5) is 24.5 Å². The summed E-state index contributed by atoms with van der Waals surface area (Å²) in [5, 5.41) is 5.58. The van der Waals surface area contributed by atoms with Gasteiger partial charge in [0.15, 0.2) is 5.84 Å². The number of nitrogens with one attached hydrogen (secondary N) is 2. The Morgan fingerprint density at radius 2 is 1.82 bits per heavy atom. The number of nitrogens with zero attached hydrogens (tertiary/aromatic N) is 5. The lowest BCUT2D eigenvalue weighted by molar-refractivity contribution is -0.137. The van der Waals surface area contributed by atoms with Crippen molar-refractivity contribution < 1.29 is 18.0 Å². The van der Waals surface area contributed by atoms with Crippen molar-refractivity contribution in [2.45, 2.75) is 13.1 Å². The lowest BCUT2D eigenvalue weighted by Gasteiger charge is -2.34. The zero-order valence-electron chi connectivity index (χ0n) is 22.1. The minimum atomic E-state index is -4.53. The molecule has 4 rings (SSSR count). The highest BCUT2D eigenvalue weighted by Crippen LogP contribution is 2.31. The molecule has 2 aromatic rings. The van der Waals surface area contributed by atoms with E-state index in [0.29, 0.717) is 24.7 Å². The van der Waals surface area contributed by atoms with Crippen LogP contribution in [0.1, 0.15) is 21.5 Å². The van der Waals surface area contributed by atoms with Crippen LogP contribution in [0.15, 0.2) is 81.7 Å². The predicted molar refractivity (Wildman–Crippen MR) is 151 cm³/mol. The molecular formula is C27H30F3N9O. The first-order valence-electron chi connectivity index (χ1n) is 12.4. The molecule has 13 heteroatoms. The van der Waals surface area contributed by atoms with Gasteiger partial charge in [-0.2, -0.15) is 18.2 Å². The van der Waals surface area contributed by atoms with E-state index in [1.807, 2.05) is 18.9 Å². The van der Waals surface area contributed by atoms with Crippen molar-refractivity contribution in [3.63, 3.8) is 0 Å². The number of hydrogen-bond donors (Lipinski definition) is 4. The van der Waals surface area contributed by atoms with E-state index in [2.05, 4.69) is 37.1 Å². The van der Waals surface area contributed by atoms with Crippen LogP contribution in [0.25, 0.3) is 0 Å². The minimum absolute atomic E-state index is 0.0181. The van der Waals surface area contributed by atoms with E-state index in [9.17, 15) is 18.0 Å². The van der Waals surface area contributed by atoms with E-state index in [-0.39, 0.29) is 34.3 Å². The molecular weight excluding hydrogens is 523 g/mol. The maximum absolute atomic E-state index is 13.1. The number of alkyl halides is 3. The molecule has 0 unspecified atom stereocenters. The fourth-order valence-corrected chi connectivity index (χ4v) is 4.09. The van der Waals surface area contributed by atoms with E-state index >= 15 is 0 Å². The van der Waals surface area contributed by atoms with Crippen molar-refractivity contribution in [1.82, 2.24) is 9.80 Å². The number of carbonyl (C=O) groups is 1. The van der Waals surface area contributed by atoms with Gasteiger partial charge in [0, 0.05) is 49.3 Å². The van der Waals surface area contributed by atoms with Crippen molar-refractivity contribution in [2.75, 3.05) is 43.9 Å². The molecule has 210 valence electrons. The number of halogens is 3. The summed E-state index contributed by atoms with van der Waals surface area (Å²) in [6.45, 7) is 8.53. The Kier molecular flexibility index (Phi) is 8.24. The molecule has 0 spiro atoms. The zero-order chi connectivity index (χ0) is 29.0. The van der Waals surface area contributed by atoms with E-state index in [4.69, 9.17) is 11.5 Å².